The van der Waals surface area contributed by atoms with Crippen LogP contribution in [0.3, 0.4) is 0 Å². The molecule has 13 heavy (non-hydrogen) atoms. The molecule has 0 bridgehead atoms. The van der Waals surface area contributed by atoms with Crippen LogP contribution in [0.15, 0.2) is 6.20 Å². The number of aromatic nitrogens is 2. The normalized spacial score (nSPS) is 14.6. The van der Waals surface area contributed by atoms with E-state index in [-0.39, 0.29) is 5.41 Å². The van der Waals surface area contributed by atoms with Crippen LogP contribution in [-0.2, 0) is 12.5 Å². The molecule has 1 heterocycles. The average molecular weight is 184 g/mol. The molecular formula is C10H17FN2. The predicted molar refractivity (Wildman–Crippen MR) is 51.4 cm³/mol. The number of halogens is 1. The van der Waals surface area contributed by atoms with Crippen molar-refractivity contribution >= 4 is 0 Å². The Kier molecular flexibility index (Phi) is 2.46. The van der Waals surface area contributed by atoms with Crippen molar-refractivity contribution in [1.82, 2.24) is 9.78 Å². The molecule has 0 amide bonds. The van der Waals surface area contributed by atoms with E-state index in [2.05, 4.69) is 25.9 Å². The minimum atomic E-state index is -0.957. The van der Waals surface area contributed by atoms with Crippen molar-refractivity contribution in [3.63, 3.8) is 0 Å². The molecule has 1 atom stereocenters. The zero-order valence-electron chi connectivity index (χ0n) is 8.93. The number of rotatable bonds is 1. The van der Waals surface area contributed by atoms with E-state index in [9.17, 15) is 4.39 Å². The largest absolute Gasteiger partial charge is 0.269 e. The monoisotopic (exact) mass is 184 g/mol. The van der Waals surface area contributed by atoms with Crippen LogP contribution in [0.1, 0.15) is 45.1 Å². The highest BCUT2D eigenvalue weighted by Gasteiger charge is 2.24. The van der Waals surface area contributed by atoms with Crippen molar-refractivity contribution < 1.29 is 4.39 Å². The minimum absolute atomic E-state index is 0.0378. The topological polar surface area (TPSA) is 17.8 Å². The van der Waals surface area contributed by atoms with Gasteiger partial charge in [0.25, 0.3) is 0 Å². The highest BCUT2D eigenvalue weighted by atomic mass is 19.1. The smallest absolute Gasteiger partial charge is 0.139 e. The van der Waals surface area contributed by atoms with Crippen LogP contribution in [0.4, 0.5) is 4.39 Å². The molecule has 0 spiro atoms. The predicted octanol–water partition coefficient (Wildman–Crippen LogP) is 2.75. The van der Waals surface area contributed by atoms with Crippen molar-refractivity contribution in [2.45, 2.75) is 39.3 Å². The third-order valence-corrected chi connectivity index (χ3v) is 2.17. The lowest BCUT2D eigenvalue weighted by atomic mass is 9.86. The van der Waals surface area contributed by atoms with Crippen molar-refractivity contribution in [1.29, 1.82) is 0 Å². The Morgan fingerprint density at radius 2 is 2.00 bits per heavy atom. The Balaban J connectivity index is 3.23. The molecule has 1 aromatic rings. The van der Waals surface area contributed by atoms with E-state index in [4.69, 9.17) is 0 Å². The number of aryl methyl sites for hydroxylation is 1. The molecule has 74 valence electrons. The Morgan fingerprint density at radius 1 is 1.46 bits per heavy atom. The van der Waals surface area contributed by atoms with Crippen molar-refractivity contribution in [2.24, 2.45) is 7.05 Å². The van der Waals surface area contributed by atoms with E-state index < -0.39 is 6.17 Å². The average Bonchev–Trinajstić information content (AvgIpc) is 2.28. The quantitative estimate of drug-likeness (QED) is 0.656. The Bertz CT molecular complexity index is 294. The SMILES string of the molecule is CC(F)c1c(C(C)(C)C)cnn1C. The van der Waals surface area contributed by atoms with Gasteiger partial charge in [-0.1, -0.05) is 20.8 Å². The second-order valence-electron chi connectivity index (χ2n) is 4.43. The molecule has 0 aliphatic rings. The van der Waals surface area contributed by atoms with E-state index in [1.807, 2.05) is 0 Å². The summed E-state index contributed by atoms with van der Waals surface area (Å²) in [6.45, 7) is 7.74. The maximum Gasteiger partial charge on any atom is 0.139 e. The van der Waals surface area contributed by atoms with Gasteiger partial charge in [0.1, 0.15) is 6.17 Å². The fourth-order valence-electron chi connectivity index (χ4n) is 1.50. The zero-order chi connectivity index (χ0) is 10.2. The molecule has 0 N–H and O–H groups in total. The summed E-state index contributed by atoms with van der Waals surface area (Å²) >= 11 is 0. The van der Waals surface area contributed by atoms with Gasteiger partial charge in [-0.3, -0.25) is 4.68 Å². The summed E-state index contributed by atoms with van der Waals surface area (Å²) in [6, 6.07) is 0. The number of alkyl halides is 1. The van der Waals surface area contributed by atoms with Crippen LogP contribution in [0.25, 0.3) is 0 Å². The van der Waals surface area contributed by atoms with Gasteiger partial charge in [-0.05, 0) is 12.3 Å². The summed E-state index contributed by atoms with van der Waals surface area (Å²) in [6.07, 6.45) is 0.799. The maximum absolute atomic E-state index is 13.3. The van der Waals surface area contributed by atoms with Crippen LogP contribution in [-0.4, -0.2) is 9.78 Å². The first-order chi connectivity index (χ1) is 5.84. The van der Waals surface area contributed by atoms with E-state index in [0.29, 0.717) is 5.69 Å². The molecule has 3 heteroatoms. The van der Waals surface area contributed by atoms with Crippen LogP contribution < -0.4 is 0 Å². The highest BCUT2D eigenvalue weighted by molar-refractivity contribution is 5.27. The maximum atomic E-state index is 13.3. The van der Waals surface area contributed by atoms with Crippen LogP contribution in [0.2, 0.25) is 0 Å². The molecule has 2 nitrogen and oxygen atoms in total. The molecule has 0 aliphatic heterocycles. The first-order valence-corrected chi connectivity index (χ1v) is 4.50. The lowest BCUT2D eigenvalue weighted by molar-refractivity contribution is 0.346. The molecule has 0 aromatic carbocycles. The van der Waals surface area contributed by atoms with Gasteiger partial charge in [-0.2, -0.15) is 5.10 Å². The number of hydrogen-bond donors (Lipinski definition) is 0. The van der Waals surface area contributed by atoms with E-state index in [0.717, 1.165) is 5.56 Å². The summed E-state index contributed by atoms with van der Waals surface area (Å²) in [5.41, 5.74) is 1.64. The molecule has 1 rings (SSSR count). The first-order valence-electron chi connectivity index (χ1n) is 4.50. The van der Waals surface area contributed by atoms with Crippen LogP contribution in [0, 0.1) is 0 Å². The Labute approximate surface area is 78.8 Å². The standard InChI is InChI=1S/C10H17FN2/c1-7(11)9-8(10(2,3)4)6-12-13(9)5/h6-7H,1-5H3. The molecule has 1 unspecified atom stereocenters. The van der Waals surface area contributed by atoms with Crippen LogP contribution in [0.5, 0.6) is 0 Å². The first kappa shape index (κ1) is 10.2. The van der Waals surface area contributed by atoms with Crippen molar-refractivity contribution in [3.8, 4) is 0 Å². The summed E-state index contributed by atoms with van der Waals surface area (Å²) in [7, 11) is 1.78. The fourth-order valence-corrected chi connectivity index (χ4v) is 1.50. The second kappa shape index (κ2) is 3.13. The number of hydrogen-bond acceptors (Lipinski definition) is 1. The third-order valence-electron chi connectivity index (χ3n) is 2.17. The fraction of sp³-hybridized carbons (Fsp3) is 0.700. The van der Waals surface area contributed by atoms with E-state index >= 15 is 0 Å². The zero-order valence-corrected chi connectivity index (χ0v) is 8.93. The summed E-state index contributed by atoms with van der Waals surface area (Å²) in [5.74, 6) is 0. The molecule has 0 saturated carbocycles. The van der Waals surface area contributed by atoms with E-state index in [1.54, 1.807) is 24.9 Å². The second-order valence-corrected chi connectivity index (χ2v) is 4.43. The summed E-state index contributed by atoms with van der Waals surface area (Å²) < 4.78 is 14.9. The van der Waals surface area contributed by atoms with E-state index in [1.165, 1.54) is 0 Å². The lowest BCUT2D eigenvalue weighted by Crippen LogP contribution is -2.14. The molecule has 0 radical (unpaired) electrons. The van der Waals surface area contributed by atoms with Gasteiger partial charge in [-0.15, -0.1) is 0 Å². The Hall–Kier alpha value is -0.860. The van der Waals surface area contributed by atoms with Gasteiger partial charge in [-0.25, -0.2) is 4.39 Å². The molecular weight excluding hydrogens is 167 g/mol. The molecule has 0 saturated heterocycles. The summed E-state index contributed by atoms with van der Waals surface area (Å²) in [4.78, 5) is 0. The van der Waals surface area contributed by atoms with Crippen molar-refractivity contribution in [3.05, 3.63) is 17.5 Å². The molecule has 0 aliphatic carbocycles. The molecule has 0 fully saturated rings. The Morgan fingerprint density at radius 3 is 2.31 bits per heavy atom. The molecule has 1 aromatic heterocycles. The van der Waals surface area contributed by atoms with Gasteiger partial charge in [0.05, 0.1) is 11.9 Å². The third kappa shape index (κ3) is 1.90. The summed E-state index contributed by atoms with van der Waals surface area (Å²) in [5, 5.41) is 4.08. The minimum Gasteiger partial charge on any atom is -0.269 e. The van der Waals surface area contributed by atoms with Crippen molar-refractivity contribution in [2.75, 3.05) is 0 Å². The van der Waals surface area contributed by atoms with Gasteiger partial charge >= 0.3 is 0 Å². The van der Waals surface area contributed by atoms with Crippen LogP contribution >= 0.6 is 0 Å². The highest BCUT2D eigenvalue weighted by Crippen LogP contribution is 2.30. The van der Waals surface area contributed by atoms with Gasteiger partial charge < -0.3 is 0 Å². The van der Waals surface area contributed by atoms with Gasteiger partial charge in [0.15, 0.2) is 0 Å². The van der Waals surface area contributed by atoms with Gasteiger partial charge in [0, 0.05) is 12.6 Å². The van der Waals surface area contributed by atoms with Gasteiger partial charge in [0.2, 0.25) is 0 Å². The number of nitrogens with zero attached hydrogens (tertiary/aromatic N) is 2. The lowest BCUT2D eigenvalue weighted by Gasteiger charge is -2.19.